The summed E-state index contributed by atoms with van der Waals surface area (Å²) in [5.74, 6) is 1.68. The molecule has 2 saturated heterocycles. The van der Waals surface area contributed by atoms with Crippen molar-refractivity contribution in [3.05, 3.63) is 24.2 Å². The summed E-state index contributed by atoms with van der Waals surface area (Å²) in [6.07, 6.45) is 5.89. The monoisotopic (exact) mass is 342 g/mol. The van der Waals surface area contributed by atoms with Crippen molar-refractivity contribution in [2.45, 2.75) is 12.8 Å². The van der Waals surface area contributed by atoms with Gasteiger partial charge in [0.15, 0.2) is 5.69 Å². The number of hydrogen-bond acceptors (Lipinski definition) is 7. The van der Waals surface area contributed by atoms with Crippen LogP contribution in [0.15, 0.2) is 18.5 Å². The molecule has 0 radical (unpaired) electrons. The Labute approximate surface area is 146 Å². The Kier molecular flexibility index (Phi) is 4.21. The molecule has 2 aliphatic rings. The fourth-order valence-electron chi connectivity index (χ4n) is 3.33. The highest BCUT2D eigenvalue weighted by Crippen LogP contribution is 2.20. The third kappa shape index (κ3) is 3.26. The second kappa shape index (κ2) is 6.66. The first kappa shape index (κ1) is 15.8. The maximum Gasteiger partial charge on any atom is 0.276 e. The van der Waals surface area contributed by atoms with E-state index in [1.165, 1.54) is 12.8 Å². The van der Waals surface area contributed by atoms with E-state index in [4.69, 9.17) is 4.98 Å². The molecule has 0 unspecified atom stereocenters. The molecule has 25 heavy (non-hydrogen) atoms. The van der Waals surface area contributed by atoms with E-state index in [1.54, 1.807) is 17.9 Å². The molecular weight excluding hydrogens is 320 g/mol. The average molecular weight is 342 g/mol. The normalized spacial score (nSPS) is 18.0. The van der Waals surface area contributed by atoms with Crippen molar-refractivity contribution in [1.29, 1.82) is 0 Å². The Balaban J connectivity index is 1.40. The first-order valence-electron chi connectivity index (χ1n) is 8.69. The van der Waals surface area contributed by atoms with Crippen LogP contribution < -0.4 is 9.80 Å². The standard InChI is InChI=1S/C16H22N8O/c1-21-12-13(19-20-21)15(25)23-10-8-22(9-11-23)14-4-5-17-16(18-14)24-6-2-3-7-24/h4-5,12H,2-3,6-11H2,1H3. The van der Waals surface area contributed by atoms with Crippen LogP contribution in [0.5, 0.6) is 0 Å². The van der Waals surface area contributed by atoms with Crippen molar-refractivity contribution >= 4 is 17.7 Å². The molecule has 1 amide bonds. The third-order valence-corrected chi connectivity index (χ3v) is 4.73. The summed E-state index contributed by atoms with van der Waals surface area (Å²) in [6, 6.07) is 1.94. The Morgan fingerprint density at radius 1 is 1.04 bits per heavy atom. The highest BCUT2D eigenvalue weighted by atomic mass is 16.2. The van der Waals surface area contributed by atoms with Crippen LogP contribution in [0, 0.1) is 0 Å². The Hall–Kier alpha value is -2.71. The summed E-state index contributed by atoms with van der Waals surface area (Å²) >= 11 is 0. The second-order valence-corrected chi connectivity index (χ2v) is 6.47. The summed E-state index contributed by atoms with van der Waals surface area (Å²) in [4.78, 5) is 27.8. The van der Waals surface area contributed by atoms with Crippen molar-refractivity contribution in [3.63, 3.8) is 0 Å². The van der Waals surface area contributed by atoms with Crippen molar-refractivity contribution in [3.8, 4) is 0 Å². The second-order valence-electron chi connectivity index (χ2n) is 6.47. The molecule has 9 nitrogen and oxygen atoms in total. The van der Waals surface area contributed by atoms with Crippen LogP contribution in [0.1, 0.15) is 23.3 Å². The van der Waals surface area contributed by atoms with E-state index in [1.807, 2.05) is 17.2 Å². The smallest absolute Gasteiger partial charge is 0.276 e. The van der Waals surface area contributed by atoms with Gasteiger partial charge in [-0.1, -0.05) is 5.21 Å². The van der Waals surface area contributed by atoms with Gasteiger partial charge in [0.25, 0.3) is 5.91 Å². The average Bonchev–Trinajstić information content (AvgIpc) is 3.33. The summed E-state index contributed by atoms with van der Waals surface area (Å²) in [6.45, 7) is 4.87. The number of carbonyl (C=O) groups excluding carboxylic acids is 1. The minimum atomic E-state index is -0.0619. The molecule has 4 heterocycles. The molecule has 0 bridgehead atoms. The van der Waals surface area contributed by atoms with Gasteiger partial charge in [-0.3, -0.25) is 9.48 Å². The van der Waals surface area contributed by atoms with Gasteiger partial charge in [0.1, 0.15) is 5.82 Å². The van der Waals surface area contributed by atoms with Gasteiger partial charge >= 0.3 is 0 Å². The molecule has 0 aromatic carbocycles. The van der Waals surface area contributed by atoms with Crippen molar-refractivity contribution in [1.82, 2.24) is 29.9 Å². The van der Waals surface area contributed by atoms with Crippen LogP contribution in [0.4, 0.5) is 11.8 Å². The number of carbonyl (C=O) groups is 1. The van der Waals surface area contributed by atoms with E-state index in [-0.39, 0.29) is 5.91 Å². The molecule has 2 aromatic heterocycles. The van der Waals surface area contributed by atoms with Gasteiger partial charge in [-0.05, 0) is 18.9 Å². The Bertz CT molecular complexity index is 746. The SMILES string of the molecule is Cn1cc(C(=O)N2CCN(c3ccnc(N4CCCC4)n3)CC2)nn1. The Morgan fingerprint density at radius 2 is 1.80 bits per heavy atom. The van der Waals surface area contributed by atoms with Gasteiger partial charge in [-0.2, -0.15) is 4.98 Å². The molecule has 2 aromatic rings. The molecular formula is C16H22N8O. The maximum atomic E-state index is 12.4. The van der Waals surface area contributed by atoms with E-state index in [0.29, 0.717) is 18.8 Å². The van der Waals surface area contributed by atoms with Gasteiger partial charge < -0.3 is 14.7 Å². The number of rotatable bonds is 3. The molecule has 2 fully saturated rings. The lowest BCUT2D eigenvalue weighted by Crippen LogP contribution is -2.49. The predicted octanol–water partition coefficient (Wildman–Crippen LogP) is 0.168. The van der Waals surface area contributed by atoms with E-state index in [2.05, 4.69) is 25.1 Å². The quantitative estimate of drug-likeness (QED) is 0.786. The number of amides is 1. The largest absolute Gasteiger partial charge is 0.353 e. The minimum absolute atomic E-state index is 0.0619. The fourth-order valence-corrected chi connectivity index (χ4v) is 3.33. The molecule has 0 atom stereocenters. The summed E-state index contributed by atoms with van der Waals surface area (Å²) in [7, 11) is 1.76. The molecule has 2 aliphatic heterocycles. The van der Waals surface area contributed by atoms with Gasteiger partial charge in [-0.25, -0.2) is 4.98 Å². The van der Waals surface area contributed by atoms with E-state index >= 15 is 0 Å². The Morgan fingerprint density at radius 3 is 2.48 bits per heavy atom. The molecule has 0 spiro atoms. The van der Waals surface area contributed by atoms with Gasteiger partial charge in [-0.15, -0.1) is 5.10 Å². The lowest BCUT2D eigenvalue weighted by atomic mass is 10.3. The van der Waals surface area contributed by atoms with Crippen molar-refractivity contribution < 1.29 is 4.79 Å². The number of anilines is 2. The van der Waals surface area contributed by atoms with E-state index in [9.17, 15) is 4.79 Å². The minimum Gasteiger partial charge on any atom is -0.353 e. The molecule has 0 N–H and O–H groups in total. The molecule has 4 rings (SSSR count). The van der Waals surface area contributed by atoms with Crippen LogP contribution in [0.25, 0.3) is 0 Å². The fraction of sp³-hybridized carbons (Fsp3) is 0.562. The number of nitrogens with zero attached hydrogens (tertiary/aromatic N) is 8. The summed E-state index contributed by atoms with van der Waals surface area (Å²) in [5.41, 5.74) is 0.398. The van der Waals surface area contributed by atoms with Gasteiger partial charge in [0, 0.05) is 52.5 Å². The first-order chi connectivity index (χ1) is 12.2. The lowest BCUT2D eigenvalue weighted by Gasteiger charge is -2.35. The van der Waals surface area contributed by atoms with Crippen LogP contribution in [0.3, 0.4) is 0 Å². The topological polar surface area (TPSA) is 83.3 Å². The highest BCUT2D eigenvalue weighted by Gasteiger charge is 2.25. The molecule has 132 valence electrons. The number of piperazine rings is 1. The molecule has 0 aliphatic carbocycles. The van der Waals surface area contributed by atoms with Crippen LogP contribution >= 0.6 is 0 Å². The van der Waals surface area contributed by atoms with E-state index < -0.39 is 0 Å². The maximum absolute atomic E-state index is 12.4. The first-order valence-corrected chi connectivity index (χ1v) is 8.69. The highest BCUT2D eigenvalue weighted by molar-refractivity contribution is 5.92. The molecule has 0 saturated carbocycles. The van der Waals surface area contributed by atoms with Crippen LogP contribution in [-0.4, -0.2) is 75.0 Å². The number of hydrogen-bond donors (Lipinski definition) is 0. The van der Waals surface area contributed by atoms with Crippen molar-refractivity contribution in [2.24, 2.45) is 7.05 Å². The van der Waals surface area contributed by atoms with Gasteiger partial charge in [0.2, 0.25) is 5.95 Å². The lowest BCUT2D eigenvalue weighted by molar-refractivity contribution is 0.0740. The summed E-state index contributed by atoms with van der Waals surface area (Å²) in [5, 5.41) is 7.74. The van der Waals surface area contributed by atoms with E-state index in [0.717, 1.165) is 37.9 Å². The molecule has 9 heteroatoms. The number of aryl methyl sites for hydroxylation is 1. The predicted molar refractivity (Wildman–Crippen MR) is 92.6 cm³/mol. The zero-order valence-corrected chi connectivity index (χ0v) is 14.4. The summed E-state index contributed by atoms with van der Waals surface area (Å²) < 4.78 is 1.55. The van der Waals surface area contributed by atoms with Crippen molar-refractivity contribution in [2.75, 3.05) is 49.1 Å². The van der Waals surface area contributed by atoms with Gasteiger partial charge in [0.05, 0.1) is 6.20 Å². The number of aromatic nitrogens is 5. The van der Waals surface area contributed by atoms with Crippen LogP contribution in [-0.2, 0) is 7.05 Å². The zero-order valence-electron chi connectivity index (χ0n) is 14.4. The zero-order chi connectivity index (χ0) is 17.2. The third-order valence-electron chi connectivity index (χ3n) is 4.73. The van der Waals surface area contributed by atoms with Crippen LogP contribution in [0.2, 0.25) is 0 Å².